The molecule has 0 aromatic carbocycles. The maximum atomic E-state index is 10.9. The van der Waals surface area contributed by atoms with E-state index in [9.17, 15) is 9.70 Å². The quantitative estimate of drug-likeness (QED) is 0.799. The predicted molar refractivity (Wildman–Crippen MR) is 59.6 cm³/mol. The molecular weight excluding hydrogens is 224 g/mol. The lowest BCUT2D eigenvalue weighted by atomic mass is 10.1. The van der Waals surface area contributed by atoms with Gasteiger partial charge in [-0.25, -0.2) is 4.79 Å². The molecule has 1 N–H and O–H groups in total. The van der Waals surface area contributed by atoms with Crippen LogP contribution in [-0.2, 0) is 0 Å². The highest BCUT2D eigenvalue weighted by molar-refractivity contribution is 5.88. The Morgan fingerprint density at radius 1 is 1.53 bits per heavy atom. The van der Waals surface area contributed by atoms with Gasteiger partial charge in [-0.15, -0.1) is 4.91 Å². The zero-order valence-electron chi connectivity index (χ0n) is 9.54. The average molecular weight is 238 g/mol. The number of carboxylic acid groups (broad SMARTS) is 1. The van der Waals surface area contributed by atoms with Gasteiger partial charge in [0.2, 0.25) is 0 Å². The first kappa shape index (κ1) is 11.6. The van der Waals surface area contributed by atoms with Crippen LogP contribution in [-0.4, -0.2) is 39.0 Å². The lowest BCUT2D eigenvalue weighted by Gasteiger charge is -2.28. The Balaban J connectivity index is 2.13. The smallest absolute Gasteiger partial charge is 0.339 e. The lowest BCUT2D eigenvalue weighted by Crippen LogP contribution is -2.31. The van der Waals surface area contributed by atoms with Crippen molar-refractivity contribution in [2.75, 3.05) is 13.1 Å². The Bertz CT molecular complexity index is 435. The summed E-state index contributed by atoms with van der Waals surface area (Å²) >= 11 is 0. The number of aromatic carboxylic acids is 1. The van der Waals surface area contributed by atoms with Crippen molar-refractivity contribution in [2.45, 2.75) is 25.8 Å². The molecule has 2 rings (SSSR count). The number of carboxylic acids is 1. The second-order valence-corrected chi connectivity index (χ2v) is 4.16. The molecule has 0 aliphatic carbocycles. The molecule has 1 aromatic heterocycles. The first-order chi connectivity index (χ1) is 8.13. The molecule has 1 aliphatic heterocycles. The van der Waals surface area contributed by atoms with Crippen molar-refractivity contribution in [3.8, 4) is 0 Å². The second-order valence-electron chi connectivity index (χ2n) is 4.16. The van der Waals surface area contributed by atoms with Crippen molar-refractivity contribution in [3.63, 3.8) is 0 Å². The van der Waals surface area contributed by atoms with Gasteiger partial charge in [0.05, 0.1) is 23.2 Å². The van der Waals surface area contributed by atoms with Crippen molar-refractivity contribution in [1.29, 1.82) is 0 Å². The van der Waals surface area contributed by atoms with Crippen LogP contribution in [0.5, 0.6) is 0 Å². The molecule has 1 aromatic rings. The van der Waals surface area contributed by atoms with Crippen molar-refractivity contribution >= 4 is 5.97 Å². The summed E-state index contributed by atoms with van der Waals surface area (Å²) in [4.78, 5) is 21.2. The molecule has 0 radical (unpaired) electrons. The zero-order chi connectivity index (χ0) is 12.4. The van der Waals surface area contributed by atoms with Crippen molar-refractivity contribution in [2.24, 2.45) is 5.29 Å². The van der Waals surface area contributed by atoms with Crippen LogP contribution < -0.4 is 0 Å². The Kier molecular flexibility index (Phi) is 3.08. The van der Waals surface area contributed by atoms with Gasteiger partial charge < -0.3 is 5.11 Å². The number of nitrogens with zero attached hydrogens (tertiary/aromatic N) is 4. The number of hydrogen-bond donors (Lipinski definition) is 1. The summed E-state index contributed by atoms with van der Waals surface area (Å²) in [5, 5.41) is 17.4. The number of carbonyl (C=O) groups is 1. The summed E-state index contributed by atoms with van der Waals surface area (Å²) in [7, 11) is 0. The van der Waals surface area contributed by atoms with Crippen LogP contribution in [0.1, 0.15) is 34.9 Å². The van der Waals surface area contributed by atoms with Crippen LogP contribution in [0.3, 0.4) is 0 Å². The minimum atomic E-state index is -0.958. The number of piperidine rings is 1. The van der Waals surface area contributed by atoms with Gasteiger partial charge in [0.25, 0.3) is 0 Å². The van der Waals surface area contributed by atoms with Gasteiger partial charge >= 0.3 is 5.97 Å². The predicted octanol–water partition coefficient (Wildman–Crippen LogP) is 1.21. The normalized spacial score (nSPS) is 17.1. The lowest BCUT2D eigenvalue weighted by molar-refractivity contribution is 0.0695. The van der Waals surface area contributed by atoms with E-state index in [1.165, 1.54) is 11.2 Å². The fraction of sp³-hybridized carbons (Fsp3) is 0.600. The van der Waals surface area contributed by atoms with Crippen LogP contribution in [0.15, 0.2) is 11.5 Å². The summed E-state index contributed by atoms with van der Waals surface area (Å²) in [5.74, 6) is -0.958. The third-order valence-electron chi connectivity index (χ3n) is 3.18. The second kappa shape index (κ2) is 4.52. The number of rotatable bonds is 3. The van der Waals surface area contributed by atoms with E-state index in [1.807, 2.05) is 0 Å². The van der Waals surface area contributed by atoms with Crippen LogP contribution in [0.4, 0.5) is 0 Å². The molecule has 0 amide bonds. The van der Waals surface area contributed by atoms with E-state index in [-0.39, 0.29) is 11.6 Å². The van der Waals surface area contributed by atoms with Crippen molar-refractivity contribution in [1.82, 2.24) is 14.8 Å². The van der Waals surface area contributed by atoms with Crippen LogP contribution in [0.25, 0.3) is 0 Å². The molecule has 1 saturated heterocycles. The van der Waals surface area contributed by atoms with Gasteiger partial charge in [-0.1, -0.05) is 0 Å². The highest BCUT2D eigenvalue weighted by atomic mass is 16.4. The Hall–Kier alpha value is -1.92. The van der Waals surface area contributed by atoms with Gasteiger partial charge in [0, 0.05) is 13.1 Å². The molecule has 7 heteroatoms. The van der Waals surface area contributed by atoms with E-state index in [4.69, 9.17) is 5.11 Å². The minimum Gasteiger partial charge on any atom is -0.478 e. The van der Waals surface area contributed by atoms with E-state index < -0.39 is 5.97 Å². The van der Waals surface area contributed by atoms with Gasteiger partial charge in [-0.05, 0) is 19.8 Å². The topological polar surface area (TPSA) is 87.8 Å². The largest absolute Gasteiger partial charge is 0.478 e. The summed E-state index contributed by atoms with van der Waals surface area (Å²) in [6.45, 7) is 2.94. The zero-order valence-corrected chi connectivity index (χ0v) is 9.54. The molecule has 0 atom stereocenters. The monoisotopic (exact) mass is 238 g/mol. The fourth-order valence-corrected chi connectivity index (χ4v) is 2.18. The molecule has 0 saturated carbocycles. The van der Waals surface area contributed by atoms with Crippen LogP contribution in [0.2, 0.25) is 0 Å². The molecule has 92 valence electrons. The van der Waals surface area contributed by atoms with E-state index in [0.29, 0.717) is 18.8 Å². The number of aromatic nitrogens is 2. The molecular formula is C10H14N4O3. The molecule has 1 fully saturated rings. The van der Waals surface area contributed by atoms with E-state index >= 15 is 0 Å². The maximum absolute atomic E-state index is 10.9. The summed E-state index contributed by atoms with van der Waals surface area (Å²) in [5.41, 5.74) is 0.899. The van der Waals surface area contributed by atoms with Crippen molar-refractivity contribution in [3.05, 3.63) is 22.4 Å². The number of hydrogen-bond acceptors (Lipinski definition) is 4. The average Bonchev–Trinajstić information content (AvgIpc) is 2.71. The van der Waals surface area contributed by atoms with E-state index in [0.717, 1.165) is 12.8 Å². The van der Waals surface area contributed by atoms with E-state index in [2.05, 4.69) is 10.4 Å². The number of nitroso groups, excluding NO2 is 1. The molecule has 1 aliphatic rings. The van der Waals surface area contributed by atoms with Crippen LogP contribution in [0, 0.1) is 11.8 Å². The first-order valence-corrected chi connectivity index (χ1v) is 5.49. The minimum absolute atomic E-state index is 0.154. The highest BCUT2D eigenvalue weighted by Crippen LogP contribution is 2.24. The van der Waals surface area contributed by atoms with Gasteiger partial charge in [0.15, 0.2) is 0 Å². The molecule has 2 heterocycles. The molecule has 17 heavy (non-hydrogen) atoms. The Labute approximate surface area is 98.0 Å². The first-order valence-electron chi connectivity index (χ1n) is 5.49. The molecule has 0 spiro atoms. The molecule has 0 unspecified atom stereocenters. The van der Waals surface area contributed by atoms with E-state index in [1.54, 1.807) is 11.6 Å². The Morgan fingerprint density at radius 3 is 2.65 bits per heavy atom. The standard InChI is InChI=1S/C10H14N4O3/c1-7-9(10(15)16)6-11-14(7)8-2-4-13(12-17)5-3-8/h6,8H,2-5H2,1H3,(H,15,16). The van der Waals surface area contributed by atoms with Crippen LogP contribution >= 0.6 is 0 Å². The highest BCUT2D eigenvalue weighted by Gasteiger charge is 2.24. The maximum Gasteiger partial charge on any atom is 0.339 e. The SMILES string of the molecule is Cc1c(C(=O)O)cnn1C1CCN(N=O)CC1. The third-order valence-corrected chi connectivity index (χ3v) is 3.18. The van der Waals surface area contributed by atoms with Gasteiger partial charge in [0.1, 0.15) is 5.56 Å². The van der Waals surface area contributed by atoms with Gasteiger partial charge in [-0.2, -0.15) is 5.10 Å². The molecule has 0 bridgehead atoms. The molecule has 7 nitrogen and oxygen atoms in total. The Morgan fingerprint density at radius 2 is 2.18 bits per heavy atom. The van der Waals surface area contributed by atoms with Crippen molar-refractivity contribution < 1.29 is 9.90 Å². The fourth-order valence-electron chi connectivity index (χ4n) is 2.18. The summed E-state index contributed by atoms with van der Waals surface area (Å²) in [6, 6.07) is 0.154. The third kappa shape index (κ3) is 2.13. The summed E-state index contributed by atoms with van der Waals surface area (Å²) in [6.07, 6.45) is 2.89. The summed E-state index contributed by atoms with van der Waals surface area (Å²) < 4.78 is 1.74. The van der Waals surface area contributed by atoms with Gasteiger partial charge in [-0.3, -0.25) is 9.69 Å².